The fourth-order valence-corrected chi connectivity index (χ4v) is 2.84. The fraction of sp³-hybridized carbons (Fsp3) is 0. The van der Waals surface area contributed by atoms with Crippen molar-refractivity contribution in [2.45, 2.75) is 4.90 Å². The Kier molecular flexibility index (Phi) is 3.63. The molecule has 0 unspecified atom stereocenters. The third-order valence-electron chi connectivity index (χ3n) is 2.14. The number of sulfonamides is 1. The maximum Gasteiger partial charge on any atom is 0.261 e. The van der Waals surface area contributed by atoms with Crippen molar-refractivity contribution in [3.05, 3.63) is 53.0 Å². The molecule has 0 atom stereocenters. The number of benzene rings is 1. The quantitative estimate of drug-likeness (QED) is 0.941. The zero-order chi connectivity index (χ0) is 13.2. The number of nitrogens with zero attached hydrogens (tertiary/aromatic N) is 1. The first-order valence-corrected chi connectivity index (χ1v) is 7.14. The van der Waals surface area contributed by atoms with Gasteiger partial charge in [0.15, 0.2) is 0 Å². The molecule has 0 radical (unpaired) electrons. The molecule has 1 aromatic heterocycles. The van der Waals surface area contributed by atoms with E-state index < -0.39 is 15.8 Å². The molecule has 2 aromatic rings. The molecule has 0 aliphatic carbocycles. The summed E-state index contributed by atoms with van der Waals surface area (Å²) in [4.78, 5) is 3.82. The zero-order valence-corrected chi connectivity index (χ0v) is 11.4. The van der Waals surface area contributed by atoms with Gasteiger partial charge in [0.2, 0.25) is 0 Å². The minimum absolute atomic E-state index is 0.00684. The smallest absolute Gasteiger partial charge is 0.261 e. The van der Waals surface area contributed by atoms with Gasteiger partial charge in [0, 0.05) is 12.4 Å². The van der Waals surface area contributed by atoms with Crippen molar-refractivity contribution in [3.8, 4) is 0 Å². The summed E-state index contributed by atoms with van der Waals surface area (Å²) < 4.78 is 39.6. The molecule has 0 bridgehead atoms. The van der Waals surface area contributed by atoms with Gasteiger partial charge in [0.1, 0.15) is 5.82 Å². The van der Waals surface area contributed by atoms with Crippen LogP contribution in [0, 0.1) is 5.82 Å². The summed E-state index contributed by atoms with van der Waals surface area (Å²) in [7, 11) is -3.73. The van der Waals surface area contributed by atoms with Crippen LogP contribution in [0.15, 0.2) is 52.1 Å². The summed E-state index contributed by atoms with van der Waals surface area (Å²) in [6, 6.07) is 6.11. The first-order chi connectivity index (χ1) is 8.49. The number of anilines is 1. The number of hydrogen-bond donors (Lipinski definition) is 1. The highest BCUT2D eigenvalue weighted by molar-refractivity contribution is 9.10. The molecule has 2 rings (SSSR count). The van der Waals surface area contributed by atoms with Crippen LogP contribution in [-0.4, -0.2) is 13.4 Å². The molecule has 0 fully saturated rings. The van der Waals surface area contributed by atoms with E-state index in [-0.39, 0.29) is 4.90 Å². The molecule has 18 heavy (non-hydrogen) atoms. The van der Waals surface area contributed by atoms with E-state index in [1.54, 1.807) is 0 Å². The van der Waals surface area contributed by atoms with Gasteiger partial charge in [0.25, 0.3) is 10.0 Å². The van der Waals surface area contributed by atoms with Crippen molar-refractivity contribution >= 4 is 31.6 Å². The highest BCUT2D eigenvalue weighted by Gasteiger charge is 2.15. The van der Waals surface area contributed by atoms with Gasteiger partial charge in [-0.05, 0) is 46.3 Å². The highest BCUT2D eigenvalue weighted by atomic mass is 79.9. The predicted molar refractivity (Wildman–Crippen MR) is 69.1 cm³/mol. The zero-order valence-electron chi connectivity index (χ0n) is 8.97. The van der Waals surface area contributed by atoms with Gasteiger partial charge in [-0.15, -0.1) is 0 Å². The second-order valence-corrected chi connectivity index (χ2v) is 5.95. The number of nitrogens with one attached hydrogen (secondary N) is 1. The lowest BCUT2D eigenvalue weighted by molar-refractivity contribution is 0.599. The van der Waals surface area contributed by atoms with Crippen LogP contribution in [0.3, 0.4) is 0 Å². The molecule has 0 saturated heterocycles. The molecular weight excluding hydrogens is 323 g/mol. The molecule has 0 aliphatic rings. The molecule has 4 nitrogen and oxygen atoms in total. The first-order valence-electron chi connectivity index (χ1n) is 4.87. The van der Waals surface area contributed by atoms with E-state index in [2.05, 4.69) is 25.6 Å². The van der Waals surface area contributed by atoms with Crippen molar-refractivity contribution in [2.75, 3.05) is 4.72 Å². The molecule has 1 N–H and O–H groups in total. The Morgan fingerprint density at radius 1 is 1.17 bits per heavy atom. The van der Waals surface area contributed by atoms with Crippen molar-refractivity contribution in [1.29, 1.82) is 0 Å². The number of pyridine rings is 1. The Morgan fingerprint density at radius 2 is 1.83 bits per heavy atom. The Morgan fingerprint density at radius 3 is 2.44 bits per heavy atom. The van der Waals surface area contributed by atoms with Crippen LogP contribution in [0.2, 0.25) is 0 Å². The normalized spacial score (nSPS) is 11.2. The molecule has 1 heterocycles. The van der Waals surface area contributed by atoms with Crippen LogP contribution in [0.25, 0.3) is 0 Å². The summed E-state index contributed by atoms with van der Waals surface area (Å²) in [6.45, 7) is 0. The SMILES string of the molecule is O=S(=O)(Nc1ccncc1Br)c1ccc(F)cc1. The van der Waals surface area contributed by atoms with Crippen LogP contribution in [-0.2, 0) is 10.0 Å². The maximum absolute atomic E-state index is 12.7. The molecule has 7 heteroatoms. The van der Waals surface area contributed by atoms with E-state index in [9.17, 15) is 12.8 Å². The average Bonchev–Trinajstić information content (AvgIpc) is 2.32. The van der Waals surface area contributed by atoms with Crippen LogP contribution in [0.4, 0.5) is 10.1 Å². The Bertz CT molecular complexity index is 659. The van der Waals surface area contributed by atoms with Gasteiger partial charge in [-0.2, -0.15) is 0 Å². The van der Waals surface area contributed by atoms with E-state index >= 15 is 0 Å². The van der Waals surface area contributed by atoms with Crippen molar-refractivity contribution in [2.24, 2.45) is 0 Å². The Labute approximate surface area is 112 Å². The molecule has 0 aliphatic heterocycles. The summed E-state index contributed by atoms with van der Waals surface area (Å²) in [5.41, 5.74) is 0.370. The number of halogens is 2. The number of hydrogen-bond acceptors (Lipinski definition) is 3. The van der Waals surface area contributed by atoms with Gasteiger partial charge in [-0.1, -0.05) is 0 Å². The minimum Gasteiger partial charge on any atom is -0.278 e. The summed E-state index contributed by atoms with van der Waals surface area (Å²) >= 11 is 3.18. The van der Waals surface area contributed by atoms with E-state index in [4.69, 9.17) is 0 Å². The average molecular weight is 331 g/mol. The fourth-order valence-electron chi connectivity index (χ4n) is 1.28. The lowest BCUT2D eigenvalue weighted by atomic mass is 10.4. The lowest BCUT2D eigenvalue weighted by Crippen LogP contribution is -2.13. The van der Waals surface area contributed by atoms with Gasteiger partial charge in [0.05, 0.1) is 15.1 Å². The van der Waals surface area contributed by atoms with E-state index in [1.165, 1.54) is 30.6 Å². The molecule has 0 spiro atoms. The van der Waals surface area contributed by atoms with Crippen LogP contribution < -0.4 is 4.72 Å². The topological polar surface area (TPSA) is 59.1 Å². The minimum atomic E-state index is -3.73. The van der Waals surface area contributed by atoms with Crippen molar-refractivity contribution < 1.29 is 12.8 Å². The predicted octanol–water partition coefficient (Wildman–Crippen LogP) is 2.78. The van der Waals surface area contributed by atoms with Gasteiger partial charge >= 0.3 is 0 Å². The monoisotopic (exact) mass is 330 g/mol. The highest BCUT2D eigenvalue weighted by Crippen LogP contribution is 2.23. The molecule has 1 aromatic carbocycles. The Hall–Kier alpha value is -1.47. The largest absolute Gasteiger partial charge is 0.278 e. The van der Waals surface area contributed by atoms with Crippen LogP contribution >= 0.6 is 15.9 Å². The lowest BCUT2D eigenvalue weighted by Gasteiger charge is -2.09. The molecule has 94 valence electrons. The number of rotatable bonds is 3. The second-order valence-electron chi connectivity index (χ2n) is 3.41. The molecule has 0 saturated carbocycles. The third kappa shape index (κ3) is 2.85. The van der Waals surface area contributed by atoms with E-state index in [0.717, 1.165) is 12.1 Å². The molecular formula is C11H8BrFN2O2S. The van der Waals surface area contributed by atoms with Gasteiger partial charge in [-0.3, -0.25) is 9.71 Å². The molecule has 0 amide bonds. The van der Waals surface area contributed by atoms with Crippen molar-refractivity contribution in [3.63, 3.8) is 0 Å². The Balaban J connectivity index is 2.33. The van der Waals surface area contributed by atoms with E-state index in [1.807, 2.05) is 0 Å². The third-order valence-corrected chi connectivity index (χ3v) is 4.15. The number of aromatic nitrogens is 1. The van der Waals surface area contributed by atoms with Crippen molar-refractivity contribution in [1.82, 2.24) is 4.98 Å². The van der Waals surface area contributed by atoms with Gasteiger partial charge < -0.3 is 0 Å². The summed E-state index contributed by atoms with van der Waals surface area (Å²) in [5.74, 6) is -0.487. The van der Waals surface area contributed by atoms with Crippen LogP contribution in [0.1, 0.15) is 0 Å². The van der Waals surface area contributed by atoms with E-state index in [0.29, 0.717) is 10.2 Å². The second kappa shape index (κ2) is 5.03. The standard InChI is InChI=1S/C11H8BrFN2O2S/c12-10-7-14-6-5-11(10)15-18(16,17)9-3-1-8(13)2-4-9/h1-7H,(H,14,15). The summed E-state index contributed by atoms with van der Waals surface area (Å²) in [5, 5.41) is 0. The summed E-state index contributed by atoms with van der Waals surface area (Å²) in [6.07, 6.45) is 2.94. The first kappa shape index (κ1) is 13.0. The maximum atomic E-state index is 12.7. The van der Waals surface area contributed by atoms with Gasteiger partial charge in [-0.25, -0.2) is 12.8 Å². The van der Waals surface area contributed by atoms with Crippen LogP contribution in [0.5, 0.6) is 0 Å².